The number of halogens is 2. The highest BCUT2D eigenvalue weighted by atomic mass is 127. The highest BCUT2D eigenvalue weighted by Gasteiger charge is 2.02. The molecule has 0 aliphatic rings. The van der Waals surface area contributed by atoms with Crippen LogP contribution in [0.5, 0.6) is 5.75 Å². The van der Waals surface area contributed by atoms with E-state index in [2.05, 4.69) is 11.6 Å². The van der Waals surface area contributed by atoms with Crippen molar-refractivity contribution in [2.24, 2.45) is 0 Å². The summed E-state index contributed by atoms with van der Waals surface area (Å²) in [6.07, 6.45) is 3.66. The Labute approximate surface area is 90.0 Å². The maximum absolute atomic E-state index is 12.7. The lowest BCUT2D eigenvalue weighted by atomic mass is 10.4. The minimum absolute atomic E-state index is 0.381. The summed E-state index contributed by atoms with van der Waals surface area (Å²) in [5.74, 6) is 0.108. The number of aromatic nitrogens is 1. The van der Waals surface area contributed by atoms with Gasteiger partial charge in [0.15, 0.2) is 5.75 Å². The van der Waals surface area contributed by atoms with Gasteiger partial charge in [0.25, 0.3) is 0 Å². The van der Waals surface area contributed by atoms with Gasteiger partial charge in [-0.25, -0.2) is 9.37 Å². The van der Waals surface area contributed by atoms with Crippen LogP contribution in [0, 0.1) is 9.52 Å². The normalized spacial score (nSPS) is 9.69. The second-order valence-corrected chi connectivity index (χ2v) is 3.39. The van der Waals surface area contributed by atoms with E-state index >= 15 is 0 Å². The molecule has 0 spiro atoms. The lowest BCUT2D eigenvalue weighted by molar-refractivity contribution is 0.319. The predicted molar refractivity (Wildman–Crippen MR) is 57.2 cm³/mol. The Balaban J connectivity index is 2.64. The Bertz CT molecular complexity index is 304. The predicted octanol–water partition coefficient (Wildman–Crippen LogP) is 2.78. The molecule has 1 aromatic heterocycles. The summed E-state index contributed by atoms with van der Waals surface area (Å²) in [6.45, 7) is 4.06. The quantitative estimate of drug-likeness (QED) is 0.368. The largest absolute Gasteiger partial charge is 0.490 e. The molecule has 0 bridgehead atoms. The molecule has 0 amide bonds. The van der Waals surface area contributed by atoms with Gasteiger partial charge in [0, 0.05) is 6.07 Å². The second kappa shape index (κ2) is 5.16. The summed E-state index contributed by atoms with van der Waals surface area (Å²) in [6, 6.07) is 1.33. The fraction of sp³-hybridized carbons (Fsp3) is 0.222. The first-order valence-electron chi connectivity index (χ1n) is 3.79. The maximum Gasteiger partial charge on any atom is 0.154 e. The van der Waals surface area contributed by atoms with Gasteiger partial charge >= 0.3 is 0 Å². The summed E-state index contributed by atoms with van der Waals surface area (Å²) in [7, 11) is 0. The molecule has 1 aromatic rings. The van der Waals surface area contributed by atoms with Crippen molar-refractivity contribution in [3.63, 3.8) is 0 Å². The third-order valence-electron chi connectivity index (χ3n) is 1.35. The Hall–Kier alpha value is -0.650. The van der Waals surface area contributed by atoms with Crippen LogP contribution in [0.2, 0.25) is 0 Å². The van der Waals surface area contributed by atoms with Crippen LogP contribution in [0.4, 0.5) is 4.39 Å². The van der Waals surface area contributed by atoms with Gasteiger partial charge in [-0.15, -0.1) is 6.58 Å². The lowest BCUT2D eigenvalue weighted by Gasteiger charge is -2.05. The van der Waals surface area contributed by atoms with Crippen LogP contribution in [0.3, 0.4) is 0 Å². The standard InChI is InChI=1S/C9H9FINO/c1-2-3-4-13-8-5-7(10)6-12-9(8)11/h2,5-6H,1,3-4H2. The molecule has 0 aliphatic heterocycles. The van der Waals surface area contributed by atoms with E-state index in [4.69, 9.17) is 4.74 Å². The molecule has 0 saturated carbocycles. The van der Waals surface area contributed by atoms with Crippen LogP contribution in [0.25, 0.3) is 0 Å². The molecular weight excluding hydrogens is 284 g/mol. The summed E-state index contributed by atoms with van der Waals surface area (Å²) >= 11 is 2.00. The van der Waals surface area contributed by atoms with Gasteiger partial charge in [0.1, 0.15) is 9.52 Å². The van der Waals surface area contributed by atoms with E-state index in [1.165, 1.54) is 12.3 Å². The summed E-state index contributed by atoms with van der Waals surface area (Å²) in [5.41, 5.74) is 0. The minimum atomic E-state index is -0.381. The van der Waals surface area contributed by atoms with E-state index in [0.29, 0.717) is 16.1 Å². The van der Waals surface area contributed by atoms with Crippen molar-refractivity contribution in [1.82, 2.24) is 4.98 Å². The zero-order chi connectivity index (χ0) is 9.68. The van der Waals surface area contributed by atoms with Gasteiger partial charge in [0.2, 0.25) is 0 Å². The molecule has 2 nitrogen and oxygen atoms in total. The minimum Gasteiger partial charge on any atom is -0.490 e. The Kier molecular flexibility index (Phi) is 4.14. The topological polar surface area (TPSA) is 22.1 Å². The van der Waals surface area contributed by atoms with Crippen LogP contribution < -0.4 is 4.74 Å². The van der Waals surface area contributed by atoms with Crippen LogP contribution in [0.15, 0.2) is 24.9 Å². The van der Waals surface area contributed by atoms with Crippen LogP contribution >= 0.6 is 22.6 Å². The van der Waals surface area contributed by atoms with Crippen LogP contribution in [0.1, 0.15) is 6.42 Å². The Morgan fingerprint density at radius 2 is 2.46 bits per heavy atom. The van der Waals surface area contributed by atoms with Crippen molar-refractivity contribution >= 4 is 22.6 Å². The van der Waals surface area contributed by atoms with E-state index < -0.39 is 0 Å². The first kappa shape index (κ1) is 10.4. The average molecular weight is 293 g/mol. The molecule has 70 valence electrons. The van der Waals surface area contributed by atoms with Crippen molar-refractivity contribution < 1.29 is 9.13 Å². The van der Waals surface area contributed by atoms with E-state index in [1.807, 2.05) is 22.6 Å². The van der Waals surface area contributed by atoms with Gasteiger partial charge in [-0.1, -0.05) is 6.08 Å². The Morgan fingerprint density at radius 1 is 1.69 bits per heavy atom. The highest BCUT2D eigenvalue weighted by Crippen LogP contribution is 2.19. The number of hydrogen-bond donors (Lipinski definition) is 0. The third-order valence-corrected chi connectivity index (χ3v) is 2.16. The van der Waals surface area contributed by atoms with Gasteiger partial charge in [0.05, 0.1) is 12.8 Å². The molecule has 0 radical (unpaired) electrons. The molecule has 0 unspecified atom stereocenters. The van der Waals surface area contributed by atoms with Crippen molar-refractivity contribution in [2.75, 3.05) is 6.61 Å². The first-order chi connectivity index (χ1) is 6.24. The molecule has 0 aromatic carbocycles. The summed E-state index contributed by atoms with van der Waals surface area (Å²) in [5, 5.41) is 0. The van der Waals surface area contributed by atoms with E-state index in [0.717, 1.165) is 6.42 Å². The number of pyridine rings is 1. The molecule has 0 aliphatic carbocycles. The highest BCUT2D eigenvalue weighted by molar-refractivity contribution is 14.1. The molecule has 13 heavy (non-hydrogen) atoms. The average Bonchev–Trinajstić information content (AvgIpc) is 2.11. The monoisotopic (exact) mass is 293 g/mol. The molecule has 0 saturated heterocycles. The number of rotatable bonds is 4. The number of nitrogens with zero attached hydrogens (tertiary/aromatic N) is 1. The summed E-state index contributed by atoms with van der Waals surface area (Å²) < 4.78 is 18.6. The van der Waals surface area contributed by atoms with Gasteiger partial charge in [-0.05, 0) is 29.0 Å². The van der Waals surface area contributed by atoms with E-state index in [9.17, 15) is 4.39 Å². The van der Waals surface area contributed by atoms with Crippen LogP contribution in [-0.4, -0.2) is 11.6 Å². The van der Waals surface area contributed by atoms with Crippen molar-refractivity contribution in [1.29, 1.82) is 0 Å². The van der Waals surface area contributed by atoms with E-state index in [1.54, 1.807) is 6.08 Å². The molecular formula is C9H9FINO. The van der Waals surface area contributed by atoms with Gasteiger partial charge in [-0.3, -0.25) is 0 Å². The van der Waals surface area contributed by atoms with Gasteiger partial charge < -0.3 is 4.74 Å². The van der Waals surface area contributed by atoms with E-state index in [-0.39, 0.29) is 5.82 Å². The fourth-order valence-electron chi connectivity index (χ4n) is 0.757. The lowest BCUT2D eigenvalue weighted by Crippen LogP contribution is -1.99. The molecule has 4 heteroatoms. The zero-order valence-corrected chi connectivity index (χ0v) is 9.12. The van der Waals surface area contributed by atoms with Crippen molar-refractivity contribution in [3.05, 3.63) is 34.4 Å². The molecule has 1 heterocycles. The second-order valence-electron chi connectivity index (χ2n) is 2.37. The molecule has 1 rings (SSSR count). The first-order valence-corrected chi connectivity index (χ1v) is 4.86. The van der Waals surface area contributed by atoms with Crippen molar-refractivity contribution in [3.8, 4) is 5.75 Å². The molecule has 0 atom stereocenters. The molecule has 0 N–H and O–H groups in total. The maximum atomic E-state index is 12.7. The fourth-order valence-corrected chi connectivity index (χ4v) is 1.21. The third kappa shape index (κ3) is 3.30. The van der Waals surface area contributed by atoms with Crippen molar-refractivity contribution in [2.45, 2.75) is 6.42 Å². The summed E-state index contributed by atoms with van der Waals surface area (Å²) in [4.78, 5) is 3.82. The van der Waals surface area contributed by atoms with Crippen LogP contribution in [-0.2, 0) is 0 Å². The molecule has 0 fully saturated rings. The number of ether oxygens (including phenoxy) is 1. The SMILES string of the molecule is C=CCCOc1cc(F)cnc1I. The Morgan fingerprint density at radius 3 is 3.15 bits per heavy atom. The zero-order valence-electron chi connectivity index (χ0n) is 6.96. The smallest absolute Gasteiger partial charge is 0.154 e. The van der Waals surface area contributed by atoms with Gasteiger partial charge in [-0.2, -0.15) is 0 Å². The number of hydrogen-bond acceptors (Lipinski definition) is 2.